The van der Waals surface area contributed by atoms with Gasteiger partial charge in [0.25, 0.3) is 0 Å². The van der Waals surface area contributed by atoms with Gasteiger partial charge in [-0.2, -0.15) is 0 Å². The lowest BCUT2D eigenvalue weighted by molar-refractivity contribution is -0.125. The third-order valence-electron chi connectivity index (χ3n) is 4.42. The zero-order chi connectivity index (χ0) is 13.0. The molecule has 1 atom stereocenters. The Morgan fingerprint density at radius 1 is 1.33 bits per heavy atom. The van der Waals surface area contributed by atoms with E-state index in [9.17, 15) is 9.90 Å². The minimum atomic E-state index is -0.670. The molecule has 1 unspecified atom stereocenters. The first-order chi connectivity index (χ1) is 8.59. The maximum atomic E-state index is 12.0. The van der Waals surface area contributed by atoms with Gasteiger partial charge in [-0.25, -0.2) is 0 Å². The maximum Gasteiger partial charge on any atom is 0.237 e. The molecular formula is C14H26N2O2. The van der Waals surface area contributed by atoms with E-state index < -0.39 is 5.60 Å². The summed E-state index contributed by atoms with van der Waals surface area (Å²) in [6.45, 7) is 3.57. The molecule has 3 N–H and O–H groups in total. The van der Waals surface area contributed by atoms with E-state index in [1.54, 1.807) is 0 Å². The summed E-state index contributed by atoms with van der Waals surface area (Å²) in [5.41, 5.74) is -0.670. The highest BCUT2D eigenvalue weighted by Crippen LogP contribution is 2.31. The molecule has 18 heavy (non-hydrogen) atoms. The van der Waals surface area contributed by atoms with Crippen molar-refractivity contribution in [2.45, 2.75) is 63.5 Å². The summed E-state index contributed by atoms with van der Waals surface area (Å²) >= 11 is 0. The first kappa shape index (κ1) is 13.8. The number of piperidine rings is 1. The highest BCUT2D eigenvalue weighted by molar-refractivity contribution is 5.81. The summed E-state index contributed by atoms with van der Waals surface area (Å²) in [5.74, 6) is 0.766. The van der Waals surface area contributed by atoms with Crippen LogP contribution in [0, 0.1) is 5.92 Å². The molecule has 4 nitrogen and oxygen atoms in total. The van der Waals surface area contributed by atoms with Crippen LogP contribution in [0.15, 0.2) is 0 Å². The summed E-state index contributed by atoms with van der Waals surface area (Å²) in [4.78, 5) is 12.0. The molecular weight excluding hydrogens is 228 g/mol. The van der Waals surface area contributed by atoms with Crippen LogP contribution in [0.4, 0.5) is 0 Å². The highest BCUT2D eigenvalue weighted by atomic mass is 16.3. The van der Waals surface area contributed by atoms with Gasteiger partial charge in [0.05, 0.1) is 11.6 Å². The van der Waals surface area contributed by atoms with Gasteiger partial charge < -0.3 is 15.7 Å². The van der Waals surface area contributed by atoms with Gasteiger partial charge in [-0.05, 0) is 51.0 Å². The maximum absolute atomic E-state index is 12.0. The number of hydrogen-bond acceptors (Lipinski definition) is 3. The van der Waals surface area contributed by atoms with Crippen molar-refractivity contribution >= 4 is 5.91 Å². The van der Waals surface area contributed by atoms with E-state index in [4.69, 9.17) is 0 Å². The fraction of sp³-hybridized carbons (Fsp3) is 0.929. The van der Waals surface area contributed by atoms with Crippen LogP contribution in [-0.2, 0) is 4.79 Å². The molecule has 1 heterocycles. The van der Waals surface area contributed by atoms with E-state index in [1.807, 2.05) is 0 Å². The van der Waals surface area contributed by atoms with Crippen molar-refractivity contribution in [2.24, 2.45) is 5.92 Å². The van der Waals surface area contributed by atoms with Gasteiger partial charge in [-0.1, -0.05) is 13.3 Å². The van der Waals surface area contributed by atoms with E-state index >= 15 is 0 Å². The van der Waals surface area contributed by atoms with E-state index in [2.05, 4.69) is 17.6 Å². The number of carbonyl (C=O) groups is 1. The quantitative estimate of drug-likeness (QED) is 0.709. The SMILES string of the molecule is CC1CCC(O)(CNC(=O)C2CCCCN2)CC1. The van der Waals surface area contributed by atoms with Gasteiger partial charge >= 0.3 is 0 Å². The molecule has 2 fully saturated rings. The molecule has 1 aliphatic heterocycles. The predicted molar refractivity (Wildman–Crippen MR) is 71.2 cm³/mol. The largest absolute Gasteiger partial charge is 0.388 e. The molecule has 1 aliphatic carbocycles. The molecule has 0 radical (unpaired) electrons. The Balaban J connectivity index is 1.74. The van der Waals surface area contributed by atoms with E-state index in [1.165, 1.54) is 0 Å². The zero-order valence-electron chi connectivity index (χ0n) is 11.4. The number of nitrogens with one attached hydrogen (secondary N) is 2. The summed E-state index contributed by atoms with van der Waals surface area (Å²) in [6, 6.07) is -0.0511. The van der Waals surface area contributed by atoms with Crippen molar-refractivity contribution in [2.75, 3.05) is 13.1 Å². The Morgan fingerprint density at radius 2 is 2.06 bits per heavy atom. The van der Waals surface area contributed by atoms with Crippen molar-refractivity contribution in [1.29, 1.82) is 0 Å². The predicted octanol–water partition coefficient (Wildman–Crippen LogP) is 1.19. The lowest BCUT2D eigenvalue weighted by Gasteiger charge is -2.35. The number of carbonyl (C=O) groups excluding carboxylic acids is 1. The Labute approximate surface area is 110 Å². The van der Waals surface area contributed by atoms with Gasteiger partial charge in [0.15, 0.2) is 0 Å². The lowest BCUT2D eigenvalue weighted by atomic mass is 9.79. The van der Waals surface area contributed by atoms with Gasteiger partial charge in [-0.15, -0.1) is 0 Å². The third kappa shape index (κ3) is 3.69. The van der Waals surface area contributed by atoms with Crippen LogP contribution in [0.3, 0.4) is 0 Å². The molecule has 4 heteroatoms. The van der Waals surface area contributed by atoms with Crippen molar-refractivity contribution in [3.05, 3.63) is 0 Å². The van der Waals surface area contributed by atoms with Crippen molar-refractivity contribution in [3.63, 3.8) is 0 Å². The molecule has 0 aromatic rings. The van der Waals surface area contributed by atoms with Crippen LogP contribution in [0.1, 0.15) is 51.9 Å². The first-order valence-corrected chi connectivity index (χ1v) is 7.32. The summed E-state index contributed by atoms with van der Waals surface area (Å²) in [6.07, 6.45) is 6.95. The van der Waals surface area contributed by atoms with Crippen LogP contribution in [-0.4, -0.2) is 35.7 Å². The molecule has 0 spiro atoms. The number of amides is 1. The Bertz CT molecular complexity index is 280. The number of hydrogen-bond donors (Lipinski definition) is 3. The van der Waals surface area contributed by atoms with Crippen molar-refractivity contribution in [1.82, 2.24) is 10.6 Å². The van der Waals surface area contributed by atoms with Gasteiger partial charge in [0.2, 0.25) is 5.91 Å². The molecule has 2 aliphatic rings. The molecule has 0 aromatic heterocycles. The summed E-state index contributed by atoms with van der Waals surface area (Å²) < 4.78 is 0. The molecule has 2 rings (SSSR count). The first-order valence-electron chi connectivity index (χ1n) is 7.32. The number of rotatable bonds is 3. The van der Waals surface area contributed by atoms with Crippen molar-refractivity contribution < 1.29 is 9.90 Å². The zero-order valence-corrected chi connectivity index (χ0v) is 11.4. The van der Waals surface area contributed by atoms with Gasteiger partial charge in [-0.3, -0.25) is 4.79 Å². The normalized spacial score (nSPS) is 37.2. The average Bonchev–Trinajstić information content (AvgIpc) is 2.41. The second kappa shape index (κ2) is 6.02. The Hall–Kier alpha value is -0.610. The summed E-state index contributed by atoms with van der Waals surface area (Å²) in [5, 5.41) is 16.6. The van der Waals surface area contributed by atoms with Gasteiger partial charge in [0.1, 0.15) is 0 Å². The van der Waals surface area contributed by atoms with E-state index in [0.717, 1.165) is 51.5 Å². The monoisotopic (exact) mass is 254 g/mol. The fourth-order valence-corrected chi connectivity index (χ4v) is 2.93. The number of aliphatic hydroxyl groups is 1. The fourth-order valence-electron chi connectivity index (χ4n) is 2.93. The van der Waals surface area contributed by atoms with Crippen LogP contribution in [0.5, 0.6) is 0 Å². The minimum Gasteiger partial charge on any atom is -0.388 e. The van der Waals surface area contributed by atoms with E-state index in [-0.39, 0.29) is 11.9 Å². The molecule has 1 saturated heterocycles. The molecule has 104 valence electrons. The Kier molecular flexibility index (Phi) is 4.62. The molecule has 0 aromatic carbocycles. The average molecular weight is 254 g/mol. The van der Waals surface area contributed by atoms with Crippen LogP contribution in [0.25, 0.3) is 0 Å². The van der Waals surface area contributed by atoms with E-state index in [0.29, 0.717) is 12.5 Å². The topological polar surface area (TPSA) is 61.4 Å². The standard InChI is InChI=1S/C14H26N2O2/c1-11-5-7-14(18,8-6-11)10-16-13(17)12-4-2-3-9-15-12/h11-12,15,18H,2-10H2,1H3,(H,16,17). The molecule has 1 amide bonds. The second-order valence-electron chi connectivity index (χ2n) is 6.13. The van der Waals surface area contributed by atoms with Crippen LogP contribution >= 0.6 is 0 Å². The third-order valence-corrected chi connectivity index (χ3v) is 4.42. The van der Waals surface area contributed by atoms with Crippen LogP contribution in [0.2, 0.25) is 0 Å². The van der Waals surface area contributed by atoms with Crippen molar-refractivity contribution in [3.8, 4) is 0 Å². The van der Waals surface area contributed by atoms with Gasteiger partial charge in [0, 0.05) is 6.54 Å². The Morgan fingerprint density at radius 3 is 2.67 bits per heavy atom. The molecule has 0 bridgehead atoms. The summed E-state index contributed by atoms with van der Waals surface area (Å²) in [7, 11) is 0. The molecule has 1 saturated carbocycles. The minimum absolute atomic E-state index is 0.0511. The second-order valence-corrected chi connectivity index (χ2v) is 6.13. The van der Waals surface area contributed by atoms with Crippen LogP contribution < -0.4 is 10.6 Å². The highest BCUT2D eigenvalue weighted by Gasteiger charge is 2.32. The lowest BCUT2D eigenvalue weighted by Crippen LogP contribution is -2.51. The smallest absolute Gasteiger partial charge is 0.237 e.